The van der Waals surface area contributed by atoms with Crippen molar-refractivity contribution in [3.63, 3.8) is 0 Å². The maximum atomic E-state index is 12.7. The molecule has 4 nitrogen and oxygen atoms in total. The van der Waals surface area contributed by atoms with Gasteiger partial charge in [0.15, 0.2) is 0 Å². The zero-order valence-corrected chi connectivity index (χ0v) is 10.9. The van der Waals surface area contributed by atoms with E-state index in [0.29, 0.717) is 0 Å². The molecule has 0 spiro atoms. The molecule has 0 aliphatic heterocycles. The van der Waals surface area contributed by atoms with Gasteiger partial charge in [-0.3, -0.25) is 0 Å². The highest BCUT2D eigenvalue weighted by atomic mass is 79.9. The lowest BCUT2D eigenvalue weighted by molar-refractivity contribution is -0.0437. The maximum Gasteiger partial charge on any atom is 0.283 e. The van der Waals surface area contributed by atoms with Gasteiger partial charge < -0.3 is 5.11 Å². The molecule has 0 saturated carbocycles. The van der Waals surface area contributed by atoms with E-state index in [0.717, 1.165) is 0 Å². The number of nitrogens with one attached hydrogen (secondary N) is 1. The van der Waals surface area contributed by atoms with Crippen LogP contribution < -0.4 is 4.72 Å². The fourth-order valence-corrected chi connectivity index (χ4v) is 3.06. The molecule has 0 fully saturated rings. The third kappa shape index (κ3) is 3.98. The van der Waals surface area contributed by atoms with Crippen molar-refractivity contribution in [2.45, 2.75) is 10.8 Å². The lowest BCUT2D eigenvalue weighted by Crippen LogP contribution is -2.39. The standard InChI is InChI=1S/C9H10BrF2NO3S/c10-7-3-1-2-4-8(7)17(15,16)13-5-9(11,12)6-14/h1-4,13-14H,5-6H2. The van der Waals surface area contributed by atoms with Crippen LogP contribution in [0, 0.1) is 0 Å². The van der Waals surface area contributed by atoms with Gasteiger partial charge in [-0.1, -0.05) is 12.1 Å². The highest BCUT2D eigenvalue weighted by Gasteiger charge is 2.30. The van der Waals surface area contributed by atoms with Gasteiger partial charge in [0.1, 0.15) is 6.61 Å². The Balaban J connectivity index is 2.88. The van der Waals surface area contributed by atoms with Gasteiger partial charge in [0.25, 0.3) is 5.92 Å². The van der Waals surface area contributed by atoms with Crippen molar-refractivity contribution in [2.75, 3.05) is 13.2 Å². The molecule has 1 aromatic carbocycles. The number of sulfonamides is 1. The van der Waals surface area contributed by atoms with Crippen LogP contribution >= 0.6 is 15.9 Å². The molecule has 0 amide bonds. The summed E-state index contributed by atoms with van der Waals surface area (Å²) in [6, 6.07) is 5.84. The second kappa shape index (κ2) is 5.38. The Labute approximate surface area is 106 Å². The van der Waals surface area contributed by atoms with Crippen molar-refractivity contribution in [1.82, 2.24) is 4.72 Å². The first-order valence-electron chi connectivity index (χ1n) is 4.51. The van der Waals surface area contributed by atoms with Crippen LogP contribution in [-0.4, -0.2) is 32.6 Å². The maximum absolute atomic E-state index is 12.7. The van der Waals surface area contributed by atoms with Crippen molar-refractivity contribution in [2.24, 2.45) is 0 Å². The zero-order valence-electron chi connectivity index (χ0n) is 8.53. The normalized spacial score (nSPS) is 12.7. The largest absolute Gasteiger partial charge is 0.390 e. The molecule has 1 rings (SSSR count). The number of alkyl halides is 2. The first-order chi connectivity index (χ1) is 7.78. The van der Waals surface area contributed by atoms with E-state index in [1.54, 1.807) is 10.8 Å². The number of hydrogen-bond acceptors (Lipinski definition) is 3. The van der Waals surface area contributed by atoms with E-state index in [1.807, 2.05) is 0 Å². The average Bonchev–Trinajstić information content (AvgIpc) is 2.27. The molecule has 0 unspecified atom stereocenters. The first kappa shape index (κ1) is 14.5. The lowest BCUT2D eigenvalue weighted by atomic mass is 10.4. The highest BCUT2D eigenvalue weighted by molar-refractivity contribution is 9.10. The average molecular weight is 330 g/mol. The molecule has 0 aliphatic rings. The lowest BCUT2D eigenvalue weighted by Gasteiger charge is -2.14. The van der Waals surface area contributed by atoms with E-state index in [-0.39, 0.29) is 9.37 Å². The fraction of sp³-hybridized carbons (Fsp3) is 0.333. The number of aliphatic hydroxyl groups is 1. The summed E-state index contributed by atoms with van der Waals surface area (Å²) in [5.41, 5.74) is 0. The molecule has 0 aliphatic carbocycles. The Kier molecular flexibility index (Phi) is 4.59. The summed E-state index contributed by atoms with van der Waals surface area (Å²) in [5.74, 6) is -3.48. The summed E-state index contributed by atoms with van der Waals surface area (Å²) < 4.78 is 50.8. The zero-order chi connectivity index (χ0) is 13.1. The van der Waals surface area contributed by atoms with Crippen LogP contribution in [0.25, 0.3) is 0 Å². The number of hydrogen-bond donors (Lipinski definition) is 2. The molecule has 0 heterocycles. The van der Waals surface area contributed by atoms with E-state index in [2.05, 4.69) is 15.9 Å². The minimum absolute atomic E-state index is 0.131. The second-order valence-corrected chi connectivity index (χ2v) is 5.86. The highest BCUT2D eigenvalue weighted by Crippen LogP contribution is 2.21. The molecule has 96 valence electrons. The SMILES string of the molecule is O=S(=O)(NCC(F)(F)CO)c1ccccc1Br. The number of aliphatic hydroxyl groups excluding tert-OH is 1. The third-order valence-corrected chi connectivity index (χ3v) is 4.29. The van der Waals surface area contributed by atoms with Crippen molar-refractivity contribution in [3.8, 4) is 0 Å². The van der Waals surface area contributed by atoms with Crippen LogP contribution in [0.1, 0.15) is 0 Å². The van der Waals surface area contributed by atoms with Gasteiger partial charge in [-0.05, 0) is 28.1 Å². The molecule has 8 heteroatoms. The molecule has 0 aromatic heterocycles. The minimum Gasteiger partial charge on any atom is -0.390 e. The molecule has 17 heavy (non-hydrogen) atoms. The summed E-state index contributed by atoms with van der Waals surface area (Å²) in [6.07, 6.45) is 0. The van der Waals surface area contributed by atoms with Crippen LogP contribution in [0.3, 0.4) is 0 Å². The Bertz CT molecular complexity index is 493. The second-order valence-electron chi connectivity index (χ2n) is 3.27. The van der Waals surface area contributed by atoms with E-state index >= 15 is 0 Å². The van der Waals surface area contributed by atoms with E-state index in [4.69, 9.17) is 5.11 Å². The van der Waals surface area contributed by atoms with Gasteiger partial charge in [-0.15, -0.1) is 0 Å². The van der Waals surface area contributed by atoms with Crippen LogP contribution in [-0.2, 0) is 10.0 Å². The topological polar surface area (TPSA) is 66.4 Å². The third-order valence-electron chi connectivity index (χ3n) is 1.88. The molecule has 2 N–H and O–H groups in total. The van der Waals surface area contributed by atoms with Crippen LogP contribution in [0.4, 0.5) is 8.78 Å². The Morgan fingerprint density at radius 1 is 1.35 bits per heavy atom. The first-order valence-corrected chi connectivity index (χ1v) is 6.79. The van der Waals surface area contributed by atoms with Crippen molar-refractivity contribution >= 4 is 26.0 Å². The van der Waals surface area contributed by atoms with Crippen molar-refractivity contribution in [1.29, 1.82) is 0 Å². The van der Waals surface area contributed by atoms with Crippen molar-refractivity contribution in [3.05, 3.63) is 28.7 Å². The molecular formula is C9H10BrF2NO3S. The summed E-state index contributed by atoms with van der Waals surface area (Å²) in [4.78, 5) is -0.131. The monoisotopic (exact) mass is 329 g/mol. The smallest absolute Gasteiger partial charge is 0.283 e. The van der Waals surface area contributed by atoms with Gasteiger partial charge in [0.05, 0.1) is 11.4 Å². The van der Waals surface area contributed by atoms with Crippen LogP contribution in [0.15, 0.2) is 33.6 Å². The quantitative estimate of drug-likeness (QED) is 0.857. The molecular weight excluding hydrogens is 320 g/mol. The summed E-state index contributed by atoms with van der Waals surface area (Å²) in [5, 5.41) is 8.32. The summed E-state index contributed by atoms with van der Waals surface area (Å²) in [7, 11) is -4.02. The van der Waals surface area contributed by atoms with Crippen LogP contribution in [0.2, 0.25) is 0 Å². The molecule has 0 bridgehead atoms. The Morgan fingerprint density at radius 3 is 2.47 bits per heavy atom. The van der Waals surface area contributed by atoms with E-state index in [9.17, 15) is 17.2 Å². The van der Waals surface area contributed by atoms with Gasteiger partial charge >= 0.3 is 0 Å². The van der Waals surface area contributed by atoms with Gasteiger partial charge in [-0.25, -0.2) is 21.9 Å². The summed E-state index contributed by atoms with van der Waals surface area (Å²) >= 11 is 3.01. The van der Waals surface area contributed by atoms with Gasteiger partial charge in [-0.2, -0.15) is 0 Å². The Morgan fingerprint density at radius 2 is 1.94 bits per heavy atom. The molecule has 1 aromatic rings. The number of benzene rings is 1. The number of rotatable bonds is 5. The summed E-state index contributed by atoms with van der Waals surface area (Å²) in [6.45, 7) is -2.56. The fourth-order valence-electron chi connectivity index (χ4n) is 0.997. The predicted molar refractivity (Wildman–Crippen MR) is 61.4 cm³/mol. The van der Waals surface area contributed by atoms with Gasteiger partial charge in [0, 0.05) is 4.47 Å². The molecule has 0 radical (unpaired) electrons. The Hall–Kier alpha value is -0.570. The molecule has 0 atom stereocenters. The minimum atomic E-state index is -4.02. The predicted octanol–water partition coefficient (Wildman–Crippen LogP) is 1.36. The van der Waals surface area contributed by atoms with E-state index in [1.165, 1.54) is 18.2 Å². The van der Waals surface area contributed by atoms with E-state index < -0.39 is 29.1 Å². The van der Waals surface area contributed by atoms with Crippen molar-refractivity contribution < 1.29 is 22.3 Å². The number of halogens is 3. The van der Waals surface area contributed by atoms with Gasteiger partial charge in [0.2, 0.25) is 10.0 Å². The van der Waals surface area contributed by atoms with Crippen LogP contribution in [0.5, 0.6) is 0 Å². The molecule has 0 saturated heterocycles.